The second-order valence-electron chi connectivity index (χ2n) is 6.37. The van der Waals surface area contributed by atoms with Gasteiger partial charge in [0.15, 0.2) is 5.96 Å². The standard InChI is InChI=1S/C17H26N4O2S2.HI/c18-17(19-8-13-25(22,23)21-9-11-24-12-10-21)20-16-7-3-5-14-4-1-2-6-15(14)16;/h3,5,7H,1-2,4,6,8-13H2,(H3,18,19,20);1H. The van der Waals surface area contributed by atoms with Gasteiger partial charge in [-0.25, -0.2) is 12.7 Å². The van der Waals surface area contributed by atoms with Crippen molar-refractivity contribution >= 4 is 57.4 Å². The molecule has 0 radical (unpaired) electrons. The number of aliphatic imine (C=N–C) groups is 1. The van der Waals surface area contributed by atoms with Gasteiger partial charge in [-0.15, -0.1) is 24.0 Å². The number of nitrogens with one attached hydrogen (secondary N) is 1. The summed E-state index contributed by atoms with van der Waals surface area (Å²) in [5.41, 5.74) is 9.65. The number of halogens is 1. The van der Waals surface area contributed by atoms with Gasteiger partial charge < -0.3 is 11.1 Å². The van der Waals surface area contributed by atoms with E-state index in [0.717, 1.165) is 30.0 Å². The van der Waals surface area contributed by atoms with Gasteiger partial charge in [-0.3, -0.25) is 4.99 Å². The van der Waals surface area contributed by atoms with Gasteiger partial charge in [0, 0.05) is 30.3 Å². The highest BCUT2D eigenvalue weighted by Crippen LogP contribution is 2.27. The molecule has 3 N–H and O–H groups in total. The third-order valence-electron chi connectivity index (χ3n) is 4.65. The van der Waals surface area contributed by atoms with Crippen molar-refractivity contribution in [2.24, 2.45) is 10.7 Å². The van der Waals surface area contributed by atoms with Crippen LogP contribution < -0.4 is 11.1 Å². The molecule has 2 aliphatic rings. The first kappa shape index (κ1) is 21.8. The molecule has 1 heterocycles. The number of sulfonamides is 1. The molecule has 1 fully saturated rings. The van der Waals surface area contributed by atoms with Gasteiger partial charge in [-0.1, -0.05) is 12.1 Å². The zero-order chi connectivity index (χ0) is 17.7. The van der Waals surface area contributed by atoms with E-state index < -0.39 is 10.0 Å². The minimum absolute atomic E-state index is 0. The van der Waals surface area contributed by atoms with Crippen LogP contribution in [-0.2, 0) is 22.9 Å². The number of rotatable bonds is 5. The molecule has 9 heteroatoms. The average Bonchev–Trinajstić information content (AvgIpc) is 2.63. The van der Waals surface area contributed by atoms with Crippen LogP contribution in [0.15, 0.2) is 23.2 Å². The third-order valence-corrected chi connectivity index (χ3v) is 7.45. The van der Waals surface area contributed by atoms with Crippen LogP contribution in [0.1, 0.15) is 24.0 Å². The van der Waals surface area contributed by atoms with Gasteiger partial charge in [-0.2, -0.15) is 11.8 Å². The number of thioether (sulfide) groups is 1. The number of aryl methyl sites for hydroxylation is 1. The second-order valence-corrected chi connectivity index (χ2v) is 9.68. The number of guanidine groups is 1. The minimum Gasteiger partial charge on any atom is -0.370 e. The molecule has 0 spiro atoms. The van der Waals surface area contributed by atoms with Crippen molar-refractivity contribution in [1.82, 2.24) is 4.31 Å². The molecule has 0 aromatic heterocycles. The highest BCUT2D eigenvalue weighted by Gasteiger charge is 2.23. The zero-order valence-electron chi connectivity index (χ0n) is 14.8. The van der Waals surface area contributed by atoms with Crippen molar-refractivity contribution in [3.05, 3.63) is 29.3 Å². The molecule has 1 saturated heterocycles. The fraction of sp³-hybridized carbons (Fsp3) is 0.588. The maximum atomic E-state index is 12.3. The highest BCUT2D eigenvalue weighted by molar-refractivity contribution is 14.0. The summed E-state index contributed by atoms with van der Waals surface area (Å²) >= 11 is 1.79. The topological polar surface area (TPSA) is 87.8 Å². The van der Waals surface area contributed by atoms with E-state index in [9.17, 15) is 8.42 Å². The van der Waals surface area contributed by atoms with Crippen LogP contribution in [0.4, 0.5) is 5.69 Å². The lowest BCUT2D eigenvalue weighted by molar-refractivity contribution is 0.444. The molecule has 1 aliphatic carbocycles. The SMILES string of the molecule is I.NC(=NCCS(=O)(=O)N1CCSCC1)Nc1cccc2c1CCCC2. The highest BCUT2D eigenvalue weighted by atomic mass is 127. The Bertz CT molecular complexity index is 734. The normalized spacial score (nSPS) is 18.7. The first-order chi connectivity index (χ1) is 12.1. The number of hydrogen-bond donors (Lipinski definition) is 2. The summed E-state index contributed by atoms with van der Waals surface area (Å²) in [5.74, 6) is 2.02. The number of fused-ring (bicyclic) bond motifs is 1. The molecule has 0 unspecified atom stereocenters. The number of nitrogens with zero attached hydrogens (tertiary/aromatic N) is 2. The van der Waals surface area contributed by atoms with Crippen molar-refractivity contribution in [3.63, 3.8) is 0 Å². The van der Waals surface area contributed by atoms with Crippen LogP contribution in [0.3, 0.4) is 0 Å². The van der Waals surface area contributed by atoms with Gasteiger partial charge in [0.05, 0.1) is 12.3 Å². The summed E-state index contributed by atoms with van der Waals surface area (Å²) in [4.78, 5) is 4.22. The van der Waals surface area contributed by atoms with Gasteiger partial charge in [0.2, 0.25) is 10.0 Å². The summed E-state index contributed by atoms with van der Waals surface area (Å²) in [6.07, 6.45) is 4.57. The molecule has 0 bridgehead atoms. The van der Waals surface area contributed by atoms with Crippen LogP contribution >= 0.6 is 35.7 Å². The first-order valence-corrected chi connectivity index (χ1v) is 11.6. The fourth-order valence-electron chi connectivity index (χ4n) is 3.31. The Balaban J connectivity index is 0.00000243. The summed E-state index contributed by atoms with van der Waals surface area (Å²) in [6, 6.07) is 6.20. The van der Waals surface area contributed by atoms with Crippen molar-refractivity contribution in [1.29, 1.82) is 0 Å². The second kappa shape index (κ2) is 10.1. The molecule has 3 rings (SSSR count). The molecule has 1 aliphatic heterocycles. The zero-order valence-corrected chi connectivity index (χ0v) is 18.8. The molecule has 1 aromatic rings. The van der Waals surface area contributed by atoms with Crippen LogP contribution in [0.25, 0.3) is 0 Å². The quantitative estimate of drug-likeness (QED) is 0.361. The molecule has 0 amide bonds. The first-order valence-electron chi connectivity index (χ1n) is 8.79. The van der Waals surface area contributed by atoms with Crippen LogP contribution in [0.2, 0.25) is 0 Å². The van der Waals surface area contributed by atoms with Crippen LogP contribution in [0.5, 0.6) is 0 Å². The van der Waals surface area contributed by atoms with Gasteiger partial charge in [0.1, 0.15) is 0 Å². The Kier molecular flexibility index (Phi) is 8.49. The smallest absolute Gasteiger partial charge is 0.215 e. The summed E-state index contributed by atoms with van der Waals surface area (Å²) in [6.45, 7) is 1.38. The summed E-state index contributed by atoms with van der Waals surface area (Å²) < 4.78 is 26.2. The molecule has 1 aromatic carbocycles. The van der Waals surface area contributed by atoms with Gasteiger partial charge in [-0.05, 0) is 42.9 Å². The summed E-state index contributed by atoms with van der Waals surface area (Å²) in [7, 11) is -3.24. The predicted octanol–water partition coefficient (Wildman–Crippen LogP) is 2.29. The summed E-state index contributed by atoms with van der Waals surface area (Å²) in [5, 5.41) is 3.15. The maximum Gasteiger partial charge on any atom is 0.215 e. The molecule has 0 atom stereocenters. The Morgan fingerprint density at radius 2 is 1.96 bits per heavy atom. The van der Waals surface area contributed by atoms with Gasteiger partial charge in [0.25, 0.3) is 0 Å². The van der Waals surface area contributed by atoms with E-state index in [-0.39, 0.29) is 42.2 Å². The Morgan fingerprint density at radius 3 is 2.73 bits per heavy atom. The Hall–Kier alpha value is -0.520. The predicted molar refractivity (Wildman–Crippen MR) is 121 cm³/mol. The average molecular weight is 510 g/mol. The minimum atomic E-state index is -3.24. The molecule has 6 nitrogen and oxygen atoms in total. The van der Waals surface area contributed by atoms with Crippen molar-refractivity contribution < 1.29 is 8.42 Å². The number of benzene rings is 1. The number of hydrogen-bond acceptors (Lipinski definition) is 4. The lowest BCUT2D eigenvalue weighted by atomic mass is 9.90. The van der Waals surface area contributed by atoms with Crippen molar-refractivity contribution in [2.75, 3.05) is 42.2 Å². The molecule has 26 heavy (non-hydrogen) atoms. The number of anilines is 1. The largest absolute Gasteiger partial charge is 0.370 e. The number of nitrogens with two attached hydrogens (primary N) is 1. The fourth-order valence-corrected chi connectivity index (χ4v) is 5.76. The third kappa shape index (κ3) is 5.74. The molecule has 146 valence electrons. The Morgan fingerprint density at radius 1 is 1.23 bits per heavy atom. The van der Waals surface area contributed by atoms with Gasteiger partial charge >= 0.3 is 0 Å². The van der Waals surface area contributed by atoms with E-state index in [1.54, 1.807) is 16.1 Å². The van der Waals surface area contributed by atoms with E-state index in [1.165, 1.54) is 24.0 Å². The monoisotopic (exact) mass is 510 g/mol. The van der Waals surface area contributed by atoms with Crippen LogP contribution in [0, 0.1) is 0 Å². The molecular weight excluding hydrogens is 483 g/mol. The molecule has 0 saturated carbocycles. The lowest BCUT2D eigenvalue weighted by Crippen LogP contribution is -2.40. The maximum absolute atomic E-state index is 12.3. The lowest BCUT2D eigenvalue weighted by Gasteiger charge is -2.25. The Labute approximate surface area is 177 Å². The van der Waals surface area contributed by atoms with Crippen LogP contribution in [-0.4, -0.2) is 55.6 Å². The van der Waals surface area contributed by atoms with E-state index >= 15 is 0 Å². The molecular formula is C17H27IN4O2S2. The van der Waals surface area contributed by atoms with E-state index in [0.29, 0.717) is 13.1 Å². The van der Waals surface area contributed by atoms with Crippen molar-refractivity contribution in [2.45, 2.75) is 25.7 Å². The van der Waals surface area contributed by atoms with Crippen molar-refractivity contribution in [3.8, 4) is 0 Å². The van der Waals surface area contributed by atoms with E-state index in [4.69, 9.17) is 5.73 Å². The van der Waals surface area contributed by atoms with E-state index in [2.05, 4.69) is 16.4 Å². The van der Waals surface area contributed by atoms with E-state index in [1.807, 2.05) is 12.1 Å².